The number of pyridine rings is 1. The fourth-order valence-electron chi connectivity index (χ4n) is 0.969. The van der Waals surface area contributed by atoms with Gasteiger partial charge in [-0.1, -0.05) is 0 Å². The highest BCUT2D eigenvalue weighted by Gasteiger charge is 2.11. The molecule has 76 valence electrons. The van der Waals surface area contributed by atoms with Gasteiger partial charge in [-0.25, -0.2) is 4.98 Å². The normalized spacial score (nSPS) is 10.3. The van der Waals surface area contributed by atoms with Crippen LogP contribution in [-0.4, -0.2) is 16.9 Å². The number of hydrogen-bond acceptors (Lipinski definition) is 3. The molecule has 1 aromatic rings. The average Bonchev–Trinajstić information content (AvgIpc) is 2.08. The highest BCUT2D eigenvalue weighted by atomic mass is 79.9. The van der Waals surface area contributed by atoms with E-state index in [1.807, 2.05) is 13.8 Å². The molecule has 0 radical (unpaired) electrons. The number of anilines is 1. The van der Waals surface area contributed by atoms with Crippen molar-refractivity contribution in [2.45, 2.75) is 19.9 Å². The van der Waals surface area contributed by atoms with Gasteiger partial charge in [-0.15, -0.1) is 0 Å². The van der Waals surface area contributed by atoms with Crippen molar-refractivity contribution in [1.82, 2.24) is 10.3 Å². The largest absolute Gasteiger partial charge is 0.384 e. The highest BCUT2D eigenvalue weighted by Crippen LogP contribution is 2.17. The Morgan fingerprint density at radius 2 is 2.29 bits per heavy atom. The van der Waals surface area contributed by atoms with Crippen molar-refractivity contribution in [2.24, 2.45) is 0 Å². The number of nitrogens with zero attached hydrogens (tertiary/aromatic N) is 1. The second-order valence-corrected chi connectivity index (χ2v) is 4.07. The highest BCUT2D eigenvalue weighted by molar-refractivity contribution is 9.10. The number of nitrogens with one attached hydrogen (secondary N) is 1. The molecule has 0 saturated carbocycles. The fraction of sp³-hybridized carbons (Fsp3) is 0.333. The molecule has 1 heterocycles. The molecule has 0 bridgehead atoms. The van der Waals surface area contributed by atoms with Gasteiger partial charge < -0.3 is 11.1 Å². The molecular formula is C9H12BrN3O. The molecule has 0 aliphatic rings. The standard InChI is InChI=1S/C9H12BrN3O/c1-5(2)13-9(14)6-3-8(11)12-4-7(6)10/h3-5H,1-2H3,(H2,11,12)(H,13,14). The van der Waals surface area contributed by atoms with Gasteiger partial charge in [0.05, 0.1) is 5.56 Å². The fourth-order valence-corrected chi connectivity index (χ4v) is 1.37. The minimum Gasteiger partial charge on any atom is -0.384 e. The zero-order valence-corrected chi connectivity index (χ0v) is 9.63. The summed E-state index contributed by atoms with van der Waals surface area (Å²) in [5.41, 5.74) is 5.99. The van der Waals surface area contributed by atoms with Gasteiger partial charge >= 0.3 is 0 Å². The van der Waals surface area contributed by atoms with Crippen LogP contribution in [0, 0.1) is 0 Å². The molecule has 0 spiro atoms. The molecule has 1 amide bonds. The van der Waals surface area contributed by atoms with Crippen LogP contribution in [0.2, 0.25) is 0 Å². The van der Waals surface area contributed by atoms with Crippen LogP contribution in [-0.2, 0) is 0 Å². The van der Waals surface area contributed by atoms with E-state index in [-0.39, 0.29) is 11.9 Å². The number of carbonyl (C=O) groups is 1. The summed E-state index contributed by atoms with van der Waals surface area (Å²) >= 11 is 3.24. The molecule has 1 rings (SSSR count). The first-order valence-corrected chi connectivity index (χ1v) is 5.02. The summed E-state index contributed by atoms with van der Waals surface area (Å²) < 4.78 is 0.643. The maximum absolute atomic E-state index is 11.6. The summed E-state index contributed by atoms with van der Waals surface area (Å²) in [6.45, 7) is 3.80. The van der Waals surface area contributed by atoms with Crippen molar-refractivity contribution in [2.75, 3.05) is 5.73 Å². The summed E-state index contributed by atoms with van der Waals surface area (Å²) in [5, 5.41) is 2.77. The van der Waals surface area contributed by atoms with Gasteiger partial charge in [-0.05, 0) is 35.8 Å². The van der Waals surface area contributed by atoms with Crippen molar-refractivity contribution in [3.05, 3.63) is 22.3 Å². The molecule has 0 aliphatic carbocycles. The van der Waals surface area contributed by atoms with Gasteiger partial charge in [0.1, 0.15) is 5.82 Å². The number of nitrogens with two attached hydrogens (primary N) is 1. The summed E-state index contributed by atoms with van der Waals surface area (Å²) in [5.74, 6) is 0.183. The molecule has 0 aliphatic heterocycles. The van der Waals surface area contributed by atoms with Gasteiger partial charge in [0.15, 0.2) is 0 Å². The second kappa shape index (κ2) is 4.41. The van der Waals surface area contributed by atoms with Crippen LogP contribution in [0.15, 0.2) is 16.7 Å². The smallest absolute Gasteiger partial charge is 0.252 e. The van der Waals surface area contributed by atoms with Crippen LogP contribution < -0.4 is 11.1 Å². The van der Waals surface area contributed by atoms with Crippen LogP contribution in [0.3, 0.4) is 0 Å². The van der Waals surface area contributed by atoms with Crippen LogP contribution in [0.4, 0.5) is 5.82 Å². The first-order valence-electron chi connectivity index (χ1n) is 4.22. The Morgan fingerprint density at radius 1 is 1.64 bits per heavy atom. The number of hydrogen-bond donors (Lipinski definition) is 2. The zero-order chi connectivity index (χ0) is 10.7. The van der Waals surface area contributed by atoms with Gasteiger partial charge in [-0.3, -0.25) is 4.79 Å². The Labute approximate surface area is 91.0 Å². The van der Waals surface area contributed by atoms with E-state index in [0.29, 0.717) is 15.9 Å². The molecule has 4 nitrogen and oxygen atoms in total. The lowest BCUT2D eigenvalue weighted by molar-refractivity contribution is 0.0942. The molecule has 0 atom stereocenters. The molecule has 1 aromatic heterocycles. The van der Waals surface area contributed by atoms with E-state index >= 15 is 0 Å². The number of carbonyl (C=O) groups excluding carboxylic acids is 1. The Kier molecular flexibility index (Phi) is 3.46. The number of nitrogen functional groups attached to an aromatic ring is 1. The third kappa shape index (κ3) is 2.70. The van der Waals surface area contributed by atoms with Crippen LogP contribution in [0.5, 0.6) is 0 Å². The summed E-state index contributed by atoms with van der Waals surface area (Å²) in [4.78, 5) is 15.5. The van der Waals surface area contributed by atoms with E-state index in [4.69, 9.17) is 5.73 Å². The number of amides is 1. The Hall–Kier alpha value is -1.10. The van der Waals surface area contributed by atoms with Crippen LogP contribution in [0.1, 0.15) is 24.2 Å². The Bertz CT molecular complexity index is 352. The Morgan fingerprint density at radius 3 is 2.86 bits per heavy atom. The zero-order valence-electron chi connectivity index (χ0n) is 8.04. The van der Waals surface area contributed by atoms with Crippen molar-refractivity contribution < 1.29 is 4.79 Å². The van der Waals surface area contributed by atoms with E-state index in [2.05, 4.69) is 26.2 Å². The first-order chi connectivity index (χ1) is 6.50. The van der Waals surface area contributed by atoms with E-state index in [9.17, 15) is 4.79 Å². The quantitative estimate of drug-likeness (QED) is 0.845. The van der Waals surface area contributed by atoms with E-state index in [1.54, 1.807) is 6.07 Å². The van der Waals surface area contributed by atoms with E-state index in [1.165, 1.54) is 6.20 Å². The number of halogens is 1. The van der Waals surface area contributed by atoms with Crippen molar-refractivity contribution in [1.29, 1.82) is 0 Å². The molecule has 0 unspecified atom stereocenters. The first kappa shape index (κ1) is 11.0. The molecule has 3 N–H and O–H groups in total. The minimum atomic E-state index is -0.152. The maximum Gasteiger partial charge on any atom is 0.252 e. The topological polar surface area (TPSA) is 68.0 Å². The number of rotatable bonds is 2. The third-order valence-electron chi connectivity index (χ3n) is 1.54. The SMILES string of the molecule is CC(C)NC(=O)c1cc(N)ncc1Br. The monoisotopic (exact) mass is 257 g/mol. The number of aromatic nitrogens is 1. The van der Waals surface area contributed by atoms with Crippen molar-refractivity contribution in [3.63, 3.8) is 0 Å². The molecule has 0 fully saturated rings. The van der Waals surface area contributed by atoms with Gasteiger partial charge in [0.2, 0.25) is 0 Å². The molecule has 0 saturated heterocycles. The second-order valence-electron chi connectivity index (χ2n) is 3.22. The average molecular weight is 258 g/mol. The lowest BCUT2D eigenvalue weighted by Gasteiger charge is -2.09. The van der Waals surface area contributed by atoms with Crippen molar-refractivity contribution in [3.8, 4) is 0 Å². The van der Waals surface area contributed by atoms with E-state index < -0.39 is 0 Å². The summed E-state index contributed by atoms with van der Waals surface area (Å²) in [7, 11) is 0. The molecule has 14 heavy (non-hydrogen) atoms. The van der Waals surface area contributed by atoms with Gasteiger partial charge in [0.25, 0.3) is 5.91 Å². The lowest BCUT2D eigenvalue weighted by Crippen LogP contribution is -2.30. The van der Waals surface area contributed by atoms with E-state index in [0.717, 1.165) is 0 Å². The van der Waals surface area contributed by atoms with Crippen molar-refractivity contribution >= 4 is 27.7 Å². The minimum absolute atomic E-state index is 0.101. The maximum atomic E-state index is 11.6. The Balaban J connectivity index is 2.94. The molecular weight excluding hydrogens is 246 g/mol. The van der Waals surface area contributed by atoms with Crippen LogP contribution >= 0.6 is 15.9 Å². The lowest BCUT2D eigenvalue weighted by atomic mass is 10.2. The van der Waals surface area contributed by atoms with Gasteiger partial charge in [-0.2, -0.15) is 0 Å². The predicted molar refractivity (Wildman–Crippen MR) is 59.0 cm³/mol. The molecule has 0 aromatic carbocycles. The van der Waals surface area contributed by atoms with Crippen LogP contribution in [0.25, 0.3) is 0 Å². The summed E-state index contributed by atoms with van der Waals surface area (Å²) in [6.07, 6.45) is 1.52. The predicted octanol–water partition coefficient (Wildman–Crippen LogP) is 1.56. The summed E-state index contributed by atoms with van der Waals surface area (Å²) in [6, 6.07) is 1.64. The third-order valence-corrected chi connectivity index (χ3v) is 2.17. The molecule has 5 heteroatoms. The van der Waals surface area contributed by atoms with Gasteiger partial charge in [0, 0.05) is 16.7 Å².